The third-order valence-corrected chi connectivity index (χ3v) is 3.95. The molecule has 0 saturated carbocycles. The predicted molar refractivity (Wildman–Crippen MR) is 105 cm³/mol. The smallest absolute Gasteiger partial charge is 0.251 e. The Morgan fingerprint density at radius 1 is 1.04 bits per heavy atom. The molecule has 2 N–H and O–H groups in total. The molecule has 0 aliphatic carbocycles. The summed E-state index contributed by atoms with van der Waals surface area (Å²) in [4.78, 5) is 37.5. The molecule has 27 heavy (non-hydrogen) atoms. The van der Waals surface area contributed by atoms with Gasteiger partial charge in [-0.1, -0.05) is 36.9 Å². The summed E-state index contributed by atoms with van der Waals surface area (Å²) in [6, 6.07) is 16.1. The molecule has 0 unspecified atom stereocenters. The second-order valence-electron chi connectivity index (χ2n) is 5.85. The summed E-state index contributed by atoms with van der Waals surface area (Å²) in [6.45, 7) is 6.27. The van der Waals surface area contributed by atoms with Crippen LogP contribution >= 0.6 is 0 Å². The molecule has 6 nitrogen and oxygen atoms in total. The van der Waals surface area contributed by atoms with Crippen LogP contribution in [0.25, 0.3) is 0 Å². The van der Waals surface area contributed by atoms with Gasteiger partial charge < -0.3 is 15.5 Å². The Labute approximate surface area is 158 Å². The lowest BCUT2D eigenvalue weighted by molar-refractivity contribution is -0.130. The van der Waals surface area contributed by atoms with Gasteiger partial charge in [-0.25, -0.2) is 0 Å². The number of likely N-dealkylation sites (N-methyl/N-ethyl adjacent to an activating group) is 1. The zero-order valence-electron chi connectivity index (χ0n) is 15.3. The van der Waals surface area contributed by atoms with Crippen molar-refractivity contribution in [2.24, 2.45) is 0 Å². The predicted octanol–water partition coefficient (Wildman–Crippen LogP) is 2.59. The van der Waals surface area contributed by atoms with Gasteiger partial charge in [-0.3, -0.25) is 14.4 Å². The second-order valence-corrected chi connectivity index (χ2v) is 5.85. The maximum Gasteiger partial charge on any atom is 0.251 e. The van der Waals surface area contributed by atoms with Crippen molar-refractivity contribution in [2.75, 3.05) is 18.4 Å². The molecule has 0 aliphatic heterocycles. The summed E-state index contributed by atoms with van der Waals surface area (Å²) in [5.74, 6) is -0.818. The lowest BCUT2D eigenvalue weighted by Gasteiger charge is -2.21. The highest BCUT2D eigenvalue weighted by atomic mass is 16.2. The first kappa shape index (κ1) is 19.9. The Kier molecular flexibility index (Phi) is 7.31. The van der Waals surface area contributed by atoms with Crippen LogP contribution in [0.5, 0.6) is 0 Å². The number of nitrogens with zero attached hydrogens (tertiary/aromatic N) is 1. The Balaban J connectivity index is 1.88. The van der Waals surface area contributed by atoms with Crippen molar-refractivity contribution < 1.29 is 14.4 Å². The second kappa shape index (κ2) is 9.91. The molecule has 0 saturated heterocycles. The van der Waals surface area contributed by atoms with Crippen LogP contribution in [0.15, 0.2) is 67.3 Å². The third-order valence-electron chi connectivity index (χ3n) is 3.95. The molecule has 2 rings (SSSR count). The zero-order valence-corrected chi connectivity index (χ0v) is 15.3. The molecule has 2 aromatic carbocycles. The monoisotopic (exact) mass is 365 g/mol. The molecular weight excluding hydrogens is 342 g/mol. The lowest BCUT2D eigenvalue weighted by Crippen LogP contribution is -2.39. The standard InChI is InChI=1S/C21H23N3O3/c1-3-19(25)23-18-12-10-17(11-13-18)21(27)22-14-20(26)24(4-2)15-16-8-6-5-7-9-16/h3,5-13H,1,4,14-15H2,2H3,(H,22,27)(H,23,25). The molecule has 0 aromatic heterocycles. The number of carbonyl (C=O) groups excluding carboxylic acids is 3. The summed E-state index contributed by atoms with van der Waals surface area (Å²) in [5, 5.41) is 5.24. The van der Waals surface area contributed by atoms with Crippen LogP contribution in [0.2, 0.25) is 0 Å². The highest BCUT2D eigenvalue weighted by Crippen LogP contribution is 2.10. The van der Waals surface area contributed by atoms with E-state index < -0.39 is 0 Å². The van der Waals surface area contributed by atoms with Crippen LogP contribution in [-0.2, 0) is 16.1 Å². The Bertz CT molecular complexity index is 801. The van der Waals surface area contributed by atoms with Crippen molar-refractivity contribution in [2.45, 2.75) is 13.5 Å². The fraction of sp³-hybridized carbons (Fsp3) is 0.190. The van der Waals surface area contributed by atoms with Crippen LogP contribution in [0.4, 0.5) is 5.69 Å². The van der Waals surface area contributed by atoms with Crippen LogP contribution in [0, 0.1) is 0 Å². The summed E-state index contributed by atoms with van der Waals surface area (Å²) in [5.41, 5.74) is 2.01. The Hall–Kier alpha value is -3.41. The van der Waals surface area contributed by atoms with E-state index in [4.69, 9.17) is 0 Å². The summed E-state index contributed by atoms with van der Waals surface area (Å²) >= 11 is 0. The molecule has 0 heterocycles. The maximum absolute atomic E-state index is 12.4. The van der Waals surface area contributed by atoms with E-state index in [0.29, 0.717) is 24.3 Å². The van der Waals surface area contributed by atoms with Gasteiger partial charge >= 0.3 is 0 Å². The first-order valence-electron chi connectivity index (χ1n) is 8.67. The summed E-state index contributed by atoms with van der Waals surface area (Å²) in [6.07, 6.45) is 1.17. The number of hydrogen-bond acceptors (Lipinski definition) is 3. The van der Waals surface area contributed by atoms with E-state index in [1.54, 1.807) is 29.2 Å². The minimum Gasteiger partial charge on any atom is -0.343 e. The number of benzene rings is 2. The number of carbonyl (C=O) groups is 3. The maximum atomic E-state index is 12.4. The lowest BCUT2D eigenvalue weighted by atomic mass is 10.2. The van der Waals surface area contributed by atoms with Crippen LogP contribution in [0.3, 0.4) is 0 Å². The van der Waals surface area contributed by atoms with Crippen molar-refractivity contribution in [3.63, 3.8) is 0 Å². The van der Waals surface area contributed by atoms with Crippen LogP contribution in [0.1, 0.15) is 22.8 Å². The number of amides is 3. The minimum atomic E-state index is -0.347. The van der Waals surface area contributed by atoms with Crippen molar-refractivity contribution in [3.05, 3.63) is 78.4 Å². The fourth-order valence-electron chi connectivity index (χ4n) is 2.45. The molecule has 0 fully saturated rings. The van der Waals surface area contributed by atoms with E-state index in [9.17, 15) is 14.4 Å². The van der Waals surface area contributed by atoms with Gasteiger partial charge in [0.2, 0.25) is 11.8 Å². The normalized spacial score (nSPS) is 9.96. The molecule has 0 spiro atoms. The quantitative estimate of drug-likeness (QED) is 0.706. The van der Waals surface area contributed by atoms with Crippen molar-refractivity contribution >= 4 is 23.4 Å². The third kappa shape index (κ3) is 6.11. The van der Waals surface area contributed by atoms with Crippen molar-refractivity contribution in [1.82, 2.24) is 10.2 Å². The molecule has 0 atom stereocenters. The van der Waals surface area contributed by atoms with E-state index >= 15 is 0 Å². The molecular formula is C21H23N3O3. The van der Waals surface area contributed by atoms with E-state index in [0.717, 1.165) is 5.56 Å². The van der Waals surface area contributed by atoms with Gasteiger partial charge in [0.25, 0.3) is 5.91 Å². The van der Waals surface area contributed by atoms with E-state index in [2.05, 4.69) is 17.2 Å². The van der Waals surface area contributed by atoms with E-state index in [-0.39, 0.29) is 24.3 Å². The Morgan fingerprint density at radius 2 is 1.70 bits per heavy atom. The number of anilines is 1. The first-order valence-corrected chi connectivity index (χ1v) is 8.67. The van der Waals surface area contributed by atoms with Gasteiger partial charge in [0, 0.05) is 24.3 Å². The van der Waals surface area contributed by atoms with Crippen LogP contribution < -0.4 is 10.6 Å². The van der Waals surface area contributed by atoms with Gasteiger partial charge in [-0.05, 0) is 42.8 Å². The van der Waals surface area contributed by atoms with E-state index in [1.807, 2.05) is 37.3 Å². The zero-order chi connectivity index (χ0) is 19.6. The van der Waals surface area contributed by atoms with Gasteiger partial charge in [-0.15, -0.1) is 0 Å². The number of hydrogen-bond donors (Lipinski definition) is 2. The molecule has 3 amide bonds. The van der Waals surface area contributed by atoms with Gasteiger partial charge in [0.1, 0.15) is 0 Å². The number of nitrogens with one attached hydrogen (secondary N) is 2. The summed E-state index contributed by atoms with van der Waals surface area (Å²) < 4.78 is 0. The number of rotatable bonds is 8. The largest absolute Gasteiger partial charge is 0.343 e. The van der Waals surface area contributed by atoms with Gasteiger partial charge in [0.15, 0.2) is 0 Å². The van der Waals surface area contributed by atoms with Gasteiger partial charge in [0.05, 0.1) is 6.54 Å². The topological polar surface area (TPSA) is 78.5 Å². The molecule has 6 heteroatoms. The van der Waals surface area contributed by atoms with Gasteiger partial charge in [-0.2, -0.15) is 0 Å². The molecule has 0 radical (unpaired) electrons. The Morgan fingerprint density at radius 3 is 2.30 bits per heavy atom. The van der Waals surface area contributed by atoms with Crippen molar-refractivity contribution in [1.29, 1.82) is 0 Å². The summed E-state index contributed by atoms with van der Waals surface area (Å²) in [7, 11) is 0. The fourth-order valence-corrected chi connectivity index (χ4v) is 2.45. The van der Waals surface area contributed by atoms with Crippen molar-refractivity contribution in [3.8, 4) is 0 Å². The minimum absolute atomic E-state index is 0.0749. The molecule has 0 aliphatic rings. The highest BCUT2D eigenvalue weighted by molar-refractivity contribution is 6.00. The van der Waals surface area contributed by atoms with Crippen LogP contribution in [-0.4, -0.2) is 35.7 Å². The highest BCUT2D eigenvalue weighted by Gasteiger charge is 2.14. The molecule has 140 valence electrons. The SMILES string of the molecule is C=CC(=O)Nc1ccc(C(=O)NCC(=O)N(CC)Cc2ccccc2)cc1. The molecule has 0 bridgehead atoms. The average molecular weight is 365 g/mol. The van der Waals surface area contributed by atoms with E-state index in [1.165, 1.54) is 6.08 Å². The molecule has 2 aromatic rings. The average Bonchev–Trinajstić information content (AvgIpc) is 2.71. The first-order chi connectivity index (χ1) is 13.0.